The minimum Gasteiger partial charge on any atom is -0.393 e. The molecule has 1 aromatic carbocycles. The lowest BCUT2D eigenvalue weighted by Crippen LogP contribution is -2.29. The first-order valence-corrected chi connectivity index (χ1v) is 9.52. The molecule has 1 aliphatic rings. The molecule has 2 aromatic heterocycles. The second-order valence-electron chi connectivity index (χ2n) is 7.05. The summed E-state index contributed by atoms with van der Waals surface area (Å²) in [5, 5.41) is 23.6. The fourth-order valence-corrected chi connectivity index (χ4v) is 3.48. The number of nitrogens with zero attached hydrogens (tertiary/aromatic N) is 3. The van der Waals surface area contributed by atoms with Gasteiger partial charge >= 0.3 is 0 Å². The molecule has 4 N–H and O–H groups in total. The summed E-state index contributed by atoms with van der Waals surface area (Å²) in [7, 11) is 1.61. The molecule has 0 radical (unpaired) electrons. The van der Waals surface area contributed by atoms with E-state index < -0.39 is 0 Å². The van der Waals surface area contributed by atoms with E-state index in [1.807, 2.05) is 30.3 Å². The van der Waals surface area contributed by atoms with Crippen LogP contribution in [0.5, 0.6) is 0 Å². The molecule has 0 bridgehead atoms. The van der Waals surface area contributed by atoms with Gasteiger partial charge in [0.05, 0.1) is 6.10 Å². The van der Waals surface area contributed by atoms with Crippen LogP contribution in [0, 0.1) is 0 Å². The van der Waals surface area contributed by atoms with Crippen molar-refractivity contribution in [2.24, 2.45) is 0 Å². The maximum atomic E-state index is 11.6. The topological polar surface area (TPSA) is 104 Å². The molecule has 146 valence electrons. The zero-order chi connectivity index (χ0) is 19.5. The summed E-state index contributed by atoms with van der Waals surface area (Å²) in [5.41, 5.74) is 2.14. The molecule has 2 heterocycles. The van der Waals surface area contributed by atoms with Crippen LogP contribution in [0.4, 0.5) is 17.5 Å². The molecule has 28 heavy (non-hydrogen) atoms. The molecule has 1 amide bonds. The van der Waals surface area contributed by atoms with E-state index in [0.29, 0.717) is 17.6 Å². The summed E-state index contributed by atoms with van der Waals surface area (Å²) in [4.78, 5) is 16.2. The van der Waals surface area contributed by atoms with E-state index in [0.717, 1.165) is 42.8 Å². The Morgan fingerprint density at radius 2 is 1.86 bits per heavy atom. The molecule has 0 unspecified atom stereocenters. The van der Waals surface area contributed by atoms with Crippen molar-refractivity contribution in [3.8, 4) is 0 Å². The van der Waals surface area contributed by atoms with E-state index >= 15 is 0 Å². The number of hydrogen-bond donors (Lipinski definition) is 4. The zero-order valence-corrected chi connectivity index (χ0v) is 15.7. The highest BCUT2D eigenvalue weighted by molar-refractivity contribution is 5.94. The Morgan fingerprint density at radius 3 is 2.57 bits per heavy atom. The second-order valence-corrected chi connectivity index (χ2v) is 7.05. The van der Waals surface area contributed by atoms with E-state index in [2.05, 4.69) is 26.0 Å². The standard InChI is InChI=1S/C20H24N6O2/c1-21-19(28)13-5-7-15(8-6-13)23-20-24-18-4-2-3-17(26(18)25-20)22-14-9-11-16(27)12-10-14/h2-8,14,16,22,27H,9-12H2,1H3,(H,21,28)(H,23,25)/t14-,16-. The normalized spacial score (nSPS) is 19.4. The number of benzene rings is 1. The Kier molecular flexibility index (Phi) is 5.12. The van der Waals surface area contributed by atoms with Crippen molar-refractivity contribution >= 4 is 29.0 Å². The van der Waals surface area contributed by atoms with Gasteiger partial charge in [-0.25, -0.2) is 0 Å². The molecular weight excluding hydrogens is 356 g/mol. The lowest BCUT2D eigenvalue weighted by Gasteiger charge is -2.26. The highest BCUT2D eigenvalue weighted by Gasteiger charge is 2.20. The first-order chi connectivity index (χ1) is 13.6. The van der Waals surface area contributed by atoms with E-state index in [4.69, 9.17) is 0 Å². The SMILES string of the molecule is CNC(=O)c1ccc(Nc2nc3cccc(N[C@H]4CC[C@H](O)CC4)n3n2)cc1. The Labute approximate surface area is 163 Å². The molecule has 0 atom stereocenters. The molecule has 1 saturated carbocycles. The average molecular weight is 380 g/mol. The number of aliphatic hydroxyl groups is 1. The van der Waals surface area contributed by atoms with E-state index in [1.54, 1.807) is 23.7 Å². The minimum absolute atomic E-state index is 0.122. The number of rotatable bonds is 5. The molecule has 8 nitrogen and oxygen atoms in total. The quantitative estimate of drug-likeness (QED) is 0.542. The van der Waals surface area contributed by atoms with Gasteiger partial charge in [0.1, 0.15) is 5.82 Å². The number of nitrogens with one attached hydrogen (secondary N) is 3. The van der Waals surface area contributed by atoms with Crippen LogP contribution in [0.1, 0.15) is 36.0 Å². The molecule has 0 aliphatic heterocycles. The molecule has 3 aromatic rings. The van der Waals surface area contributed by atoms with Crippen molar-refractivity contribution in [3.63, 3.8) is 0 Å². The maximum Gasteiger partial charge on any atom is 0.251 e. The Bertz CT molecular complexity index is 960. The number of amides is 1. The summed E-state index contributed by atoms with van der Waals surface area (Å²) in [6.07, 6.45) is 3.35. The second kappa shape index (κ2) is 7.85. The third-order valence-electron chi connectivity index (χ3n) is 5.04. The molecule has 1 aliphatic carbocycles. The van der Waals surface area contributed by atoms with Gasteiger partial charge in [0.15, 0.2) is 5.65 Å². The van der Waals surface area contributed by atoms with Crippen LogP contribution in [0.25, 0.3) is 5.65 Å². The van der Waals surface area contributed by atoms with Crippen molar-refractivity contribution in [2.75, 3.05) is 17.7 Å². The van der Waals surface area contributed by atoms with Gasteiger partial charge in [-0.05, 0) is 62.1 Å². The van der Waals surface area contributed by atoms with Gasteiger partial charge in [-0.3, -0.25) is 4.79 Å². The largest absolute Gasteiger partial charge is 0.393 e. The molecule has 0 spiro atoms. The maximum absolute atomic E-state index is 11.6. The third kappa shape index (κ3) is 3.91. The summed E-state index contributed by atoms with van der Waals surface area (Å²) >= 11 is 0. The summed E-state index contributed by atoms with van der Waals surface area (Å²) < 4.78 is 1.78. The number of hydrogen-bond acceptors (Lipinski definition) is 6. The van der Waals surface area contributed by atoms with Crippen molar-refractivity contribution in [3.05, 3.63) is 48.0 Å². The van der Waals surface area contributed by atoms with Gasteiger partial charge in [-0.2, -0.15) is 9.50 Å². The fraction of sp³-hybridized carbons (Fsp3) is 0.350. The lowest BCUT2D eigenvalue weighted by atomic mass is 9.93. The van der Waals surface area contributed by atoms with Crippen LogP contribution in [0.15, 0.2) is 42.5 Å². The Balaban J connectivity index is 1.50. The number of aromatic nitrogens is 3. The monoisotopic (exact) mass is 380 g/mol. The van der Waals surface area contributed by atoms with Gasteiger partial charge in [0.25, 0.3) is 5.91 Å². The van der Waals surface area contributed by atoms with Crippen LogP contribution < -0.4 is 16.0 Å². The highest BCUT2D eigenvalue weighted by Crippen LogP contribution is 2.23. The first-order valence-electron chi connectivity index (χ1n) is 9.52. The fourth-order valence-electron chi connectivity index (χ4n) is 3.48. The average Bonchev–Trinajstić information content (AvgIpc) is 3.13. The van der Waals surface area contributed by atoms with Gasteiger partial charge in [-0.1, -0.05) is 6.07 Å². The predicted molar refractivity (Wildman–Crippen MR) is 108 cm³/mol. The van der Waals surface area contributed by atoms with Crippen molar-refractivity contribution in [1.82, 2.24) is 19.9 Å². The van der Waals surface area contributed by atoms with Crippen LogP contribution in [0.3, 0.4) is 0 Å². The number of aliphatic hydroxyl groups excluding tert-OH is 1. The molecule has 0 saturated heterocycles. The van der Waals surface area contributed by atoms with Gasteiger partial charge in [0, 0.05) is 24.3 Å². The molecule has 8 heteroatoms. The summed E-state index contributed by atoms with van der Waals surface area (Å²) in [6.45, 7) is 0. The predicted octanol–water partition coefficient (Wildman–Crippen LogP) is 2.55. The zero-order valence-electron chi connectivity index (χ0n) is 15.7. The van der Waals surface area contributed by atoms with Crippen LogP contribution in [0.2, 0.25) is 0 Å². The molecule has 1 fully saturated rings. The summed E-state index contributed by atoms with van der Waals surface area (Å²) in [6, 6.07) is 13.3. The van der Waals surface area contributed by atoms with E-state index in [-0.39, 0.29) is 12.0 Å². The lowest BCUT2D eigenvalue weighted by molar-refractivity contribution is 0.0963. The smallest absolute Gasteiger partial charge is 0.251 e. The number of pyridine rings is 1. The van der Waals surface area contributed by atoms with Crippen LogP contribution in [-0.2, 0) is 0 Å². The van der Waals surface area contributed by atoms with Crippen molar-refractivity contribution < 1.29 is 9.90 Å². The number of anilines is 3. The van der Waals surface area contributed by atoms with Crippen molar-refractivity contribution in [1.29, 1.82) is 0 Å². The number of carbonyl (C=O) groups excluding carboxylic acids is 1. The number of fused-ring (bicyclic) bond motifs is 1. The third-order valence-corrected chi connectivity index (χ3v) is 5.04. The summed E-state index contributed by atoms with van der Waals surface area (Å²) in [5.74, 6) is 1.25. The number of carbonyl (C=O) groups is 1. The van der Waals surface area contributed by atoms with Crippen LogP contribution in [-0.4, -0.2) is 44.8 Å². The van der Waals surface area contributed by atoms with Gasteiger partial charge < -0.3 is 21.1 Å². The van der Waals surface area contributed by atoms with Gasteiger partial charge in [0.2, 0.25) is 5.95 Å². The molecular formula is C20H24N6O2. The highest BCUT2D eigenvalue weighted by atomic mass is 16.3. The van der Waals surface area contributed by atoms with Crippen molar-refractivity contribution in [2.45, 2.75) is 37.8 Å². The van der Waals surface area contributed by atoms with E-state index in [1.165, 1.54) is 0 Å². The molecule has 4 rings (SSSR count). The van der Waals surface area contributed by atoms with Crippen LogP contribution >= 0.6 is 0 Å². The Morgan fingerprint density at radius 1 is 1.11 bits per heavy atom. The van der Waals surface area contributed by atoms with E-state index in [9.17, 15) is 9.90 Å². The first kappa shape index (κ1) is 18.2. The van der Waals surface area contributed by atoms with Gasteiger partial charge in [-0.15, -0.1) is 5.10 Å². The minimum atomic E-state index is -0.175. The Hall–Kier alpha value is -3.13.